The molecular weight excluding hydrogens is 262 g/mol. The van der Waals surface area contributed by atoms with E-state index >= 15 is 0 Å². The SMILES string of the molecule is CCCNC(c1ccsc1C)C1CCC(CCC)CC1. The number of hydrogen-bond donors (Lipinski definition) is 1. The fourth-order valence-corrected chi connectivity index (χ4v) is 4.52. The van der Waals surface area contributed by atoms with Crippen LogP contribution in [0.25, 0.3) is 0 Å². The van der Waals surface area contributed by atoms with E-state index in [0.29, 0.717) is 6.04 Å². The van der Waals surface area contributed by atoms with Gasteiger partial charge in [0.05, 0.1) is 0 Å². The van der Waals surface area contributed by atoms with Gasteiger partial charge >= 0.3 is 0 Å². The maximum atomic E-state index is 3.84. The summed E-state index contributed by atoms with van der Waals surface area (Å²) in [7, 11) is 0. The summed E-state index contributed by atoms with van der Waals surface area (Å²) in [6.07, 6.45) is 9.76. The molecule has 1 nitrogen and oxygen atoms in total. The minimum atomic E-state index is 0.601. The van der Waals surface area contributed by atoms with Gasteiger partial charge in [0.1, 0.15) is 0 Å². The molecule has 1 aliphatic rings. The largest absolute Gasteiger partial charge is 0.310 e. The van der Waals surface area contributed by atoms with Crippen molar-refractivity contribution in [1.29, 1.82) is 0 Å². The lowest BCUT2D eigenvalue weighted by atomic mass is 9.75. The fourth-order valence-electron chi connectivity index (χ4n) is 3.77. The van der Waals surface area contributed by atoms with Crippen molar-refractivity contribution in [2.45, 2.75) is 71.8 Å². The molecule has 0 bridgehead atoms. The summed E-state index contributed by atoms with van der Waals surface area (Å²) in [6.45, 7) is 8.02. The monoisotopic (exact) mass is 293 g/mol. The van der Waals surface area contributed by atoms with Gasteiger partial charge in [-0.05, 0) is 61.6 Å². The van der Waals surface area contributed by atoms with Crippen LogP contribution in [0.15, 0.2) is 11.4 Å². The van der Waals surface area contributed by atoms with Crippen LogP contribution in [0.2, 0.25) is 0 Å². The van der Waals surface area contributed by atoms with Crippen LogP contribution < -0.4 is 5.32 Å². The molecule has 1 N–H and O–H groups in total. The number of rotatable bonds is 7. The Bertz CT molecular complexity index is 377. The molecule has 0 spiro atoms. The van der Waals surface area contributed by atoms with Gasteiger partial charge in [0.2, 0.25) is 0 Å². The lowest BCUT2D eigenvalue weighted by Crippen LogP contribution is -2.31. The highest BCUT2D eigenvalue weighted by Gasteiger charge is 2.28. The number of nitrogens with one attached hydrogen (secondary N) is 1. The van der Waals surface area contributed by atoms with E-state index in [9.17, 15) is 0 Å². The van der Waals surface area contributed by atoms with Crippen molar-refractivity contribution in [3.63, 3.8) is 0 Å². The first-order valence-electron chi connectivity index (χ1n) is 8.53. The average molecular weight is 294 g/mol. The molecule has 0 amide bonds. The Morgan fingerprint density at radius 2 is 1.95 bits per heavy atom. The summed E-state index contributed by atoms with van der Waals surface area (Å²) in [4.78, 5) is 1.51. The average Bonchev–Trinajstić information content (AvgIpc) is 2.88. The van der Waals surface area contributed by atoms with Crippen molar-refractivity contribution in [1.82, 2.24) is 5.32 Å². The molecule has 1 aliphatic carbocycles. The number of aryl methyl sites for hydroxylation is 1. The molecular formula is C18H31NS. The van der Waals surface area contributed by atoms with E-state index in [0.717, 1.165) is 18.4 Å². The second-order valence-corrected chi connectivity index (χ2v) is 7.55. The molecule has 20 heavy (non-hydrogen) atoms. The quantitative estimate of drug-likeness (QED) is 0.679. The summed E-state index contributed by atoms with van der Waals surface area (Å²) >= 11 is 1.90. The molecule has 1 heterocycles. The van der Waals surface area contributed by atoms with Crippen LogP contribution in [0.4, 0.5) is 0 Å². The van der Waals surface area contributed by atoms with E-state index in [4.69, 9.17) is 0 Å². The molecule has 114 valence electrons. The minimum absolute atomic E-state index is 0.601. The van der Waals surface area contributed by atoms with E-state index < -0.39 is 0 Å². The minimum Gasteiger partial charge on any atom is -0.310 e. The first-order valence-corrected chi connectivity index (χ1v) is 9.41. The van der Waals surface area contributed by atoms with Crippen LogP contribution in [0.5, 0.6) is 0 Å². The standard InChI is InChI=1S/C18H31NS/c1-4-6-15-7-9-16(10-8-15)18(19-12-5-2)17-11-13-20-14(17)3/h11,13,15-16,18-19H,4-10,12H2,1-3H3. The van der Waals surface area contributed by atoms with Crippen molar-refractivity contribution < 1.29 is 0 Å². The van der Waals surface area contributed by atoms with E-state index in [2.05, 4.69) is 37.5 Å². The molecule has 1 saturated carbocycles. The van der Waals surface area contributed by atoms with Crippen molar-refractivity contribution in [2.75, 3.05) is 6.54 Å². The Hall–Kier alpha value is -0.340. The van der Waals surface area contributed by atoms with Gasteiger partial charge in [-0.3, -0.25) is 0 Å². The molecule has 0 aromatic carbocycles. The maximum Gasteiger partial charge on any atom is 0.0359 e. The Morgan fingerprint density at radius 1 is 1.20 bits per heavy atom. The van der Waals surface area contributed by atoms with Gasteiger partial charge in [0.25, 0.3) is 0 Å². The lowest BCUT2D eigenvalue weighted by Gasteiger charge is -2.34. The summed E-state index contributed by atoms with van der Waals surface area (Å²) in [5, 5.41) is 6.09. The van der Waals surface area contributed by atoms with Crippen molar-refractivity contribution >= 4 is 11.3 Å². The van der Waals surface area contributed by atoms with Gasteiger partial charge in [-0.1, -0.05) is 39.5 Å². The number of hydrogen-bond acceptors (Lipinski definition) is 2. The highest BCUT2D eigenvalue weighted by atomic mass is 32.1. The van der Waals surface area contributed by atoms with Gasteiger partial charge in [0.15, 0.2) is 0 Å². The van der Waals surface area contributed by atoms with E-state index in [1.807, 2.05) is 11.3 Å². The molecule has 2 heteroatoms. The fraction of sp³-hybridized carbons (Fsp3) is 0.778. The molecule has 1 fully saturated rings. The van der Waals surface area contributed by atoms with Crippen LogP contribution >= 0.6 is 11.3 Å². The summed E-state index contributed by atoms with van der Waals surface area (Å²) in [6, 6.07) is 2.95. The van der Waals surface area contributed by atoms with Gasteiger partial charge in [-0.2, -0.15) is 0 Å². The first-order chi connectivity index (χ1) is 9.76. The summed E-state index contributed by atoms with van der Waals surface area (Å²) in [5.74, 6) is 1.86. The number of thiophene rings is 1. The Balaban J connectivity index is 1.99. The van der Waals surface area contributed by atoms with Gasteiger partial charge < -0.3 is 5.32 Å². The summed E-state index contributed by atoms with van der Waals surface area (Å²) < 4.78 is 0. The second-order valence-electron chi connectivity index (χ2n) is 6.43. The predicted octanol–water partition coefficient (Wildman–Crippen LogP) is 5.70. The first kappa shape index (κ1) is 16.0. The van der Waals surface area contributed by atoms with Crippen LogP contribution in [0.3, 0.4) is 0 Å². The molecule has 0 radical (unpaired) electrons. The molecule has 0 saturated heterocycles. The Kier molecular flexibility index (Phi) is 6.57. The lowest BCUT2D eigenvalue weighted by molar-refractivity contribution is 0.214. The maximum absolute atomic E-state index is 3.84. The zero-order valence-corrected chi connectivity index (χ0v) is 14.3. The topological polar surface area (TPSA) is 12.0 Å². The highest BCUT2D eigenvalue weighted by Crippen LogP contribution is 2.40. The molecule has 1 aromatic heterocycles. The van der Waals surface area contributed by atoms with E-state index in [-0.39, 0.29) is 0 Å². The molecule has 1 unspecified atom stereocenters. The van der Waals surface area contributed by atoms with Gasteiger partial charge in [-0.25, -0.2) is 0 Å². The van der Waals surface area contributed by atoms with E-state index in [1.165, 1.54) is 49.8 Å². The van der Waals surface area contributed by atoms with Crippen LogP contribution in [-0.2, 0) is 0 Å². The second kappa shape index (κ2) is 8.19. The molecule has 2 rings (SSSR count). The highest BCUT2D eigenvalue weighted by molar-refractivity contribution is 7.10. The smallest absolute Gasteiger partial charge is 0.0359 e. The molecule has 0 aliphatic heterocycles. The van der Waals surface area contributed by atoms with Crippen LogP contribution in [0.1, 0.15) is 75.3 Å². The van der Waals surface area contributed by atoms with Crippen molar-refractivity contribution in [3.8, 4) is 0 Å². The zero-order chi connectivity index (χ0) is 14.4. The third kappa shape index (κ3) is 4.08. The van der Waals surface area contributed by atoms with Crippen LogP contribution in [0, 0.1) is 18.8 Å². The Labute approximate surface area is 129 Å². The molecule has 1 atom stereocenters. The Morgan fingerprint density at radius 3 is 2.50 bits per heavy atom. The van der Waals surface area contributed by atoms with Crippen molar-refractivity contribution in [3.05, 3.63) is 21.9 Å². The third-order valence-corrected chi connectivity index (χ3v) is 5.77. The predicted molar refractivity (Wildman–Crippen MR) is 90.4 cm³/mol. The van der Waals surface area contributed by atoms with Gasteiger partial charge in [0, 0.05) is 10.9 Å². The van der Waals surface area contributed by atoms with Gasteiger partial charge in [-0.15, -0.1) is 11.3 Å². The molecule has 1 aromatic rings. The van der Waals surface area contributed by atoms with Crippen LogP contribution in [-0.4, -0.2) is 6.54 Å². The third-order valence-electron chi connectivity index (χ3n) is 4.91. The zero-order valence-electron chi connectivity index (χ0n) is 13.5. The van der Waals surface area contributed by atoms with E-state index in [1.54, 1.807) is 5.56 Å². The van der Waals surface area contributed by atoms with Crippen molar-refractivity contribution in [2.24, 2.45) is 11.8 Å². The normalized spacial score (nSPS) is 24.8. The summed E-state index contributed by atoms with van der Waals surface area (Å²) in [5.41, 5.74) is 1.57.